The highest BCUT2D eigenvalue weighted by Crippen LogP contribution is 2.39. The van der Waals surface area contributed by atoms with E-state index in [1.807, 2.05) is 49.3 Å². The number of nitrogens with zero attached hydrogens (tertiary/aromatic N) is 2. The third kappa shape index (κ3) is 7.04. The second kappa shape index (κ2) is 14.0. The van der Waals surface area contributed by atoms with Crippen LogP contribution >= 0.6 is 0 Å². The minimum absolute atomic E-state index is 0.0150. The highest BCUT2D eigenvalue weighted by atomic mass is 16.3. The van der Waals surface area contributed by atoms with Gasteiger partial charge in [-0.05, 0) is 72.6 Å². The van der Waals surface area contributed by atoms with E-state index in [1.54, 1.807) is 0 Å². The molecule has 0 radical (unpaired) electrons. The normalized spacial score (nSPS) is 19.7. The van der Waals surface area contributed by atoms with Crippen molar-refractivity contribution in [2.24, 2.45) is 11.8 Å². The smallest absolute Gasteiger partial charge is 0.230 e. The second-order valence-electron chi connectivity index (χ2n) is 12.2. The van der Waals surface area contributed by atoms with E-state index >= 15 is 0 Å². The Labute approximate surface area is 250 Å². The Balaban J connectivity index is 1.31. The van der Waals surface area contributed by atoms with Crippen molar-refractivity contribution >= 4 is 23.2 Å². The zero-order chi connectivity index (χ0) is 29.5. The molecule has 0 bridgehead atoms. The van der Waals surface area contributed by atoms with Gasteiger partial charge in [0.25, 0.3) is 0 Å². The highest BCUT2D eigenvalue weighted by molar-refractivity contribution is 5.95. The molecular weight excluding hydrogens is 522 g/mol. The lowest BCUT2D eigenvalue weighted by molar-refractivity contribution is -0.127. The van der Waals surface area contributed by atoms with Crippen LogP contribution in [0.5, 0.6) is 0 Å². The predicted octanol–water partition coefficient (Wildman–Crippen LogP) is 6.60. The van der Waals surface area contributed by atoms with Crippen LogP contribution in [0, 0.1) is 11.8 Å². The van der Waals surface area contributed by atoms with Crippen molar-refractivity contribution in [3.05, 3.63) is 95.6 Å². The quantitative estimate of drug-likeness (QED) is 0.290. The van der Waals surface area contributed by atoms with Crippen LogP contribution in [0.15, 0.2) is 78.9 Å². The first-order valence-electron chi connectivity index (χ1n) is 15.6. The number of aliphatic hydroxyl groups excluding tert-OH is 1. The van der Waals surface area contributed by atoms with Gasteiger partial charge in [0.2, 0.25) is 11.8 Å². The molecule has 3 aromatic carbocycles. The minimum Gasteiger partial charge on any atom is -0.394 e. The van der Waals surface area contributed by atoms with Crippen molar-refractivity contribution in [3.63, 3.8) is 0 Å². The number of carbonyl (C=O) groups is 2. The van der Waals surface area contributed by atoms with E-state index in [-0.39, 0.29) is 36.2 Å². The van der Waals surface area contributed by atoms with Gasteiger partial charge in [-0.1, -0.05) is 80.3 Å². The first kappa shape index (κ1) is 29.8. The lowest BCUT2D eigenvalue weighted by Crippen LogP contribution is -2.39. The van der Waals surface area contributed by atoms with Crippen LogP contribution in [0.2, 0.25) is 0 Å². The molecule has 2 saturated carbocycles. The molecule has 42 heavy (non-hydrogen) atoms. The van der Waals surface area contributed by atoms with Crippen LogP contribution in [0.1, 0.15) is 80.0 Å². The van der Waals surface area contributed by atoms with Gasteiger partial charge in [0.1, 0.15) is 0 Å². The molecule has 0 heterocycles. The van der Waals surface area contributed by atoms with Crippen LogP contribution in [-0.4, -0.2) is 37.6 Å². The van der Waals surface area contributed by atoms with Crippen molar-refractivity contribution in [1.82, 2.24) is 5.32 Å². The summed E-state index contributed by atoms with van der Waals surface area (Å²) in [4.78, 5) is 31.2. The average Bonchev–Trinajstić information content (AvgIpc) is 3.58. The molecule has 3 unspecified atom stereocenters. The van der Waals surface area contributed by atoms with Gasteiger partial charge in [-0.25, -0.2) is 0 Å². The second-order valence-corrected chi connectivity index (χ2v) is 12.2. The molecule has 0 aromatic heterocycles. The van der Waals surface area contributed by atoms with E-state index < -0.39 is 6.04 Å². The minimum atomic E-state index is -0.404. The van der Waals surface area contributed by atoms with Crippen LogP contribution in [0.3, 0.4) is 0 Å². The number of rotatable bonds is 10. The molecule has 2 fully saturated rings. The van der Waals surface area contributed by atoms with Crippen molar-refractivity contribution in [2.45, 2.75) is 69.9 Å². The summed E-state index contributed by atoms with van der Waals surface area (Å²) in [5.41, 5.74) is 5.21. The van der Waals surface area contributed by atoms with E-state index in [0.717, 1.165) is 73.9 Å². The maximum atomic E-state index is 13.7. The molecule has 6 nitrogen and oxygen atoms in total. The molecule has 6 heteroatoms. The number of nitrogens with one attached hydrogen (secondary N) is 1. The molecule has 0 saturated heterocycles. The number of hydrogen-bond donors (Lipinski definition) is 2. The summed E-state index contributed by atoms with van der Waals surface area (Å²) < 4.78 is 0. The van der Waals surface area contributed by atoms with E-state index in [9.17, 15) is 14.7 Å². The monoisotopic (exact) mass is 567 g/mol. The zero-order valence-electron chi connectivity index (χ0n) is 25.0. The Morgan fingerprint density at radius 1 is 0.810 bits per heavy atom. The van der Waals surface area contributed by atoms with Gasteiger partial charge >= 0.3 is 0 Å². The Bertz CT molecular complexity index is 1300. The molecule has 3 atom stereocenters. The number of hydrogen-bond acceptors (Lipinski definition) is 4. The molecular formula is C36H45N3O3. The van der Waals surface area contributed by atoms with E-state index in [2.05, 4.69) is 58.7 Å². The molecule has 2 N–H and O–H groups in total. The molecule has 5 rings (SSSR count). The van der Waals surface area contributed by atoms with Gasteiger partial charge in [-0.3, -0.25) is 9.59 Å². The van der Waals surface area contributed by atoms with E-state index in [1.165, 1.54) is 5.56 Å². The van der Waals surface area contributed by atoms with Gasteiger partial charge in [0.15, 0.2) is 0 Å². The van der Waals surface area contributed by atoms with Crippen molar-refractivity contribution in [2.75, 3.05) is 30.5 Å². The predicted molar refractivity (Wildman–Crippen MR) is 169 cm³/mol. The van der Waals surface area contributed by atoms with Crippen molar-refractivity contribution < 1.29 is 14.7 Å². The fourth-order valence-corrected chi connectivity index (χ4v) is 6.72. The summed E-state index contributed by atoms with van der Waals surface area (Å²) in [7, 11) is 4.04. The maximum Gasteiger partial charge on any atom is 0.230 e. The largest absolute Gasteiger partial charge is 0.394 e. The van der Waals surface area contributed by atoms with Gasteiger partial charge < -0.3 is 20.2 Å². The van der Waals surface area contributed by atoms with Crippen molar-refractivity contribution in [3.8, 4) is 0 Å². The molecule has 2 amide bonds. The third-order valence-electron chi connectivity index (χ3n) is 9.20. The maximum absolute atomic E-state index is 13.7. The number of benzene rings is 3. The van der Waals surface area contributed by atoms with E-state index in [0.29, 0.717) is 6.54 Å². The summed E-state index contributed by atoms with van der Waals surface area (Å²) >= 11 is 0. The van der Waals surface area contributed by atoms with Gasteiger partial charge in [0, 0.05) is 37.3 Å². The van der Waals surface area contributed by atoms with E-state index in [4.69, 9.17) is 0 Å². The lowest BCUT2D eigenvalue weighted by atomic mass is 9.74. The Hall–Kier alpha value is -3.64. The standard InChI is InChI=1S/C36H45N3O3/c1-38(2)30-20-22-31(23-21-30)39(36(42)29-12-6-7-13-29)24-26-16-18-27(19-17-26)32-14-8-9-15-33(32)35(41)37-34(25-40)28-10-4-3-5-11-28/h3-5,10-11,16-23,29,32-34,40H,6-9,12-15,24-25H2,1-2H3,(H,37,41). The highest BCUT2D eigenvalue weighted by Gasteiger charge is 2.33. The van der Waals surface area contributed by atoms with Crippen LogP contribution in [0.25, 0.3) is 0 Å². The van der Waals surface area contributed by atoms with Crippen LogP contribution in [0.4, 0.5) is 11.4 Å². The molecule has 3 aromatic rings. The molecule has 2 aliphatic rings. The van der Waals surface area contributed by atoms with Gasteiger partial charge in [-0.15, -0.1) is 0 Å². The van der Waals surface area contributed by atoms with Gasteiger partial charge in [-0.2, -0.15) is 0 Å². The van der Waals surface area contributed by atoms with Gasteiger partial charge in [0.05, 0.1) is 19.2 Å². The first-order chi connectivity index (χ1) is 20.4. The summed E-state index contributed by atoms with van der Waals surface area (Å²) in [5.74, 6) is 0.338. The summed E-state index contributed by atoms with van der Waals surface area (Å²) in [6, 6.07) is 26.1. The lowest BCUT2D eigenvalue weighted by Gasteiger charge is -2.32. The van der Waals surface area contributed by atoms with Crippen LogP contribution < -0.4 is 15.1 Å². The molecule has 0 aliphatic heterocycles. The Morgan fingerprint density at radius 2 is 1.43 bits per heavy atom. The molecule has 0 spiro atoms. The summed E-state index contributed by atoms with van der Waals surface area (Å²) in [6.07, 6.45) is 8.14. The number of anilines is 2. The number of carbonyl (C=O) groups excluding carboxylic acids is 2. The Morgan fingerprint density at radius 3 is 2.07 bits per heavy atom. The molecule has 222 valence electrons. The number of amides is 2. The van der Waals surface area contributed by atoms with Crippen molar-refractivity contribution in [1.29, 1.82) is 0 Å². The fraction of sp³-hybridized carbons (Fsp3) is 0.444. The summed E-state index contributed by atoms with van der Waals surface area (Å²) in [6.45, 7) is 0.399. The fourth-order valence-electron chi connectivity index (χ4n) is 6.72. The number of aliphatic hydroxyl groups is 1. The SMILES string of the molecule is CN(C)c1ccc(N(Cc2ccc(C3CCCCC3C(=O)NC(CO)c3ccccc3)cc2)C(=O)C2CCCC2)cc1. The molecule has 2 aliphatic carbocycles. The third-order valence-corrected chi connectivity index (χ3v) is 9.20. The average molecular weight is 568 g/mol. The summed E-state index contributed by atoms with van der Waals surface area (Å²) in [5, 5.41) is 13.1. The Kier molecular flexibility index (Phi) is 9.96. The van der Waals surface area contributed by atoms with Crippen LogP contribution in [-0.2, 0) is 16.1 Å². The topological polar surface area (TPSA) is 72.9 Å². The first-order valence-corrected chi connectivity index (χ1v) is 15.6. The zero-order valence-corrected chi connectivity index (χ0v) is 25.0.